The van der Waals surface area contributed by atoms with Crippen LogP contribution in [0.4, 0.5) is 5.69 Å². The van der Waals surface area contributed by atoms with E-state index >= 15 is 0 Å². The van der Waals surface area contributed by atoms with Gasteiger partial charge in [-0.05, 0) is 67.4 Å². The van der Waals surface area contributed by atoms with Crippen LogP contribution in [0.5, 0.6) is 23.0 Å². The molecule has 2 saturated heterocycles. The number of nitro benzene ring substituents is 1. The molecule has 1 atom stereocenters. The minimum atomic E-state index is -0.525. The van der Waals surface area contributed by atoms with Gasteiger partial charge in [0, 0.05) is 31.8 Å². The molecule has 0 bridgehead atoms. The monoisotopic (exact) mass is 731 g/mol. The Balaban J connectivity index is 1.28. The average Bonchev–Trinajstić information content (AvgIpc) is 3.63. The number of nitrogens with zero attached hydrogens (tertiary/aromatic N) is 3. The highest BCUT2D eigenvalue weighted by atomic mass is 32.2. The quantitative estimate of drug-likeness (QED) is 0.0513. The van der Waals surface area contributed by atoms with Crippen molar-refractivity contribution in [2.75, 3.05) is 71.8 Å². The third-order valence-corrected chi connectivity index (χ3v) is 11.2. The summed E-state index contributed by atoms with van der Waals surface area (Å²) in [6.45, 7) is 7.85. The molecule has 2 heterocycles. The summed E-state index contributed by atoms with van der Waals surface area (Å²) in [6.07, 6.45) is 7.29. The molecule has 50 heavy (non-hydrogen) atoms. The summed E-state index contributed by atoms with van der Waals surface area (Å²) in [5, 5.41) is 12.1. The molecule has 14 heteroatoms. The van der Waals surface area contributed by atoms with Gasteiger partial charge in [0.15, 0.2) is 23.0 Å². The number of carbonyl (C=O) groups is 2. The standard InChI is InChI=1S/C36H49N3O9S2/c1-5-49-36(50-6-2)28-11-10-16-38(28)35(41)27-24-32(45-4)33(25-29(27)39(42)43)48-20-9-7-8-19-47-30-14-12-26(23-31(30)44-3)13-15-34(40)37-17-21-46-22-18-37/h12-15,23-25,28,36H,5-11,16-22H2,1-4H3/b15-13+/t28-/m0/s1. The number of likely N-dealkylation sites (tertiary alicyclic amines) is 1. The van der Waals surface area contributed by atoms with Gasteiger partial charge in [0.2, 0.25) is 5.91 Å². The van der Waals surface area contributed by atoms with Crippen LogP contribution in [0.15, 0.2) is 36.4 Å². The van der Waals surface area contributed by atoms with Crippen molar-refractivity contribution in [3.63, 3.8) is 0 Å². The molecule has 2 aliphatic rings. The number of benzene rings is 2. The zero-order valence-electron chi connectivity index (χ0n) is 29.4. The van der Waals surface area contributed by atoms with Crippen molar-refractivity contribution in [2.45, 2.75) is 56.6 Å². The maximum Gasteiger partial charge on any atom is 0.286 e. The summed E-state index contributed by atoms with van der Waals surface area (Å²) in [4.78, 5) is 41.4. The van der Waals surface area contributed by atoms with Crippen molar-refractivity contribution in [2.24, 2.45) is 0 Å². The normalized spacial score (nSPS) is 16.2. The van der Waals surface area contributed by atoms with Gasteiger partial charge in [-0.25, -0.2) is 0 Å². The number of unbranched alkanes of at least 4 members (excludes halogenated alkanes) is 2. The van der Waals surface area contributed by atoms with Crippen LogP contribution in [0.25, 0.3) is 6.08 Å². The second-order valence-corrected chi connectivity index (χ2v) is 14.8. The third kappa shape index (κ3) is 10.7. The topological polar surface area (TPSA) is 130 Å². The van der Waals surface area contributed by atoms with Crippen LogP contribution in [0, 0.1) is 10.1 Å². The highest BCUT2D eigenvalue weighted by molar-refractivity contribution is 8.17. The molecule has 0 unspecified atom stereocenters. The van der Waals surface area contributed by atoms with E-state index in [1.54, 1.807) is 29.1 Å². The van der Waals surface area contributed by atoms with Gasteiger partial charge in [-0.15, -0.1) is 23.5 Å². The molecule has 12 nitrogen and oxygen atoms in total. The lowest BCUT2D eigenvalue weighted by Gasteiger charge is -2.31. The van der Waals surface area contributed by atoms with Gasteiger partial charge in [0.25, 0.3) is 11.6 Å². The van der Waals surface area contributed by atoms with Crippen LogP contribution >= 0.6 is 23.5 Å². The smallest absolute Gasteiger partial charge is 0.286 e. The summed E-state index contributed by atoms with van der Waals surface area (Å²) in [6, 6.07) is 8.30. The number of carbonyl (C=O) groups excluding carboxylic acids is 2. The van der Waals surface area contributed by atoms with Crippen molar-refractivity contribution >= 4 is 47.1 Å². The number of hydrogen-bond acceptors (Lipinski definition) is 11. The fraction of sp³-hybridized carbons (Fsp3) is 0.556. The average molecular weight is 732 g/mol. The fourth-order valence-electron chi connectivity index (χ4n) is 5.93. The van der Waals surface area contributed by atoms with Crippen molar-refractivity contribution in [3.8, 4) is 23.0 Å². The molecule has 2 fully saturated rings. The van der Waals surface area contributed by atoms with Crippen LogP contribution < -0.4 is 18.9 Å². The fourth-order valence-corrected chi connectivity index (χ4v) is 8.80. The molecule has 0 saturated carbocycles. The zero-order chi connectivity index (χ0) is 35.9. The van der Waals surface area contributed by atoms with Crippen LogP contribution in [0.1, 0.15) is 61.9 Å². The number of hydrogen-bond donors (Lipinski definition) is 0. The van der Waals surface area contributed by atoms with E-state index in [0.29, 0.717) is 64.0 Å². The van der Waals surface area contributed by atoms with Gasteiger partial charge in [-0.3, -0.25) is 19.7 Å². The molecule has 0 radical (unpaired) electrons. The van der Waals surface area contributed by atoms with Crippen LogP contribution in [-0.2, 0) is 9.53 Å². The van der Waals surface area contributed by atoms with E-state index in [4.69, 9.17) is 23.7 Å². The molecule has 274 valence electrons. The molecule has 2 aromatic carbocycles. The lowest BCUT2D eigenvalue weighted by molar-refractivity contribution is -0.385. The minimum Gasteiger partial charge on any atom is -0.493 e. The second kappa shape index (κ2) is 20.3. The SMILES string of the molecule is CCSC(SCC)[C@@H]1CCCN1C(=O)c1cc(OC)c(OCCCCCOc2ccc(/C=C/C(=O)N3CCOCC3)cc2OC)cc1[N+](=O)[O-]. The molecular formula is C36H49N3O9S2. The number of methoxy groups -OCH3 is 2. The van der Waals surface area contributed by atoms with E-state index < -0.39 is 4.92 Å². The van der Waals surface area contributed by atoms with Gasteiger partial charge in [0.1, 0.15) is 5.56 Å². The highest BCUT2D eigenvalue weighted by Crippen LogP contribution is 2.39. The first kappa shape index (κ1) is 39.2. The summed E-state index contributed by atoms with van der Waals surface area (Å²) in [5.74, 6) is 3.18. The Labute approximate surface area is 303 Å². The van der Waals surface area contributed by atoms with Crippen molar-refractivity contribution in [3.05, 3.63) is 57.6 Å². The Bertz CT molecular complexity index is 1460. The molecule has 2 amide bonds. The van der Waals surface area contributed by atoms with Gasteiger partial charge in [0.05, 0.1) is 62.3 Å². The Morgan fingerprint density at radius 1 is 0.940 bits per heavy atom. The summed E-state index contributed by atoms with van der Waals surface area (Å²) in [5.41, 5.74) is 0.560. The van der Waals surface area contributed by atoms with Crippen molar-refractivity contribution in [1.29, 1.82) is 0 Å². The second-order valence-electron chi connectivity index (χ2n) is 11.7. The van der Waals surface area contributed by atoms with E-state index in [1.165, 1.54) is 19.2 Å². The van der Waals surface area contributed by atoms with Gasteiger partial charge >= 0.3 is 0 Å². The van der Waals surface area contributed by atoms with Crippen molar-refractivity contribution in [1.82, 2.24) is 9.80 Å². The molecule has 0 N–H and O–H groups in total. The Morgan fingerprint density at radius 2 is 1.60 bits per heavy atom. The van der Waals surface area contributed by atoms with Gasteiger partial charge in [-0.2, -0.15) is 0 Å². The van der Waals surface area contributed by atoms with Gasteiger partial charge < -0.3 is 33.5 Å². The molecule has 0 aromatic heterocycles. The molecule has 0 aliphatic carbocycles. The predicted octanol–water partition coefficient (Wildman–Crippen LogP) is 6.55. The number of ether oxygens (including phenoxy) is 5. The third-order valence-electron chi connectivity index (χ3n) is 8.48. The number of morpholine rings is 1. The number of nitro groups is 1. The summed E-state index contributed by atoms with van der Waals surface area (Å²) >= 11 is 3.64. The zero-order valence-corrected chi connectivity index (χ0v) is 31.1. The Kier molecular flexibility index (Phi) is 15.9. The number of amides is 2. The maximum atomic E-state index is 13.8. The first-order chi connectivity index (χ1) is 24.3. The van der Waals surface area contributed by atoms with Gasteiger partial charge in [-0.1, -0.05) is 19.9 Å². The van der Waals surface area contributed by atoms with E-state index in [2.05, 4.69) is 13.8 Å². The Morgan fingerprint density at radius 3 is 2.24 bits per heavy atom. The molecule has 0 spiro atoms. The minimum absolute atomic E-state index is 0.0169. The van der Waals surface area contributed by atoms with Crippen molar-refractivity contribution < 1.29 is 38.2 Å². The summed E-state index contributed by atoms with van der Waals surface area (Å²) in [7, 11) is 3.04. The molecule has 2 aromatic rings. The molecular weight excluding hydrogens is 683 g/mol. The van der Waals surface area contributed by atoms with Crippen LogP contribution in [-0.4, -0.2) is 109 Å². The van der Waals surface area contributed by atoms with E-state index in [1.807, 2.05) is 41.7 Å². The summed E-state index contributed by atoms with van der Waals surface area (Å²) < 4.78 is 28.5. The lowest BCUT2D eigenvalue weighted by Crippen LogP contribution is -2.41. The first-order valence-corrected chi connectivity index (χ1v) is 19.3. The first-order valence-electron chi connectivity index (χ1n) is 17.2. The predicted molar refractivity (Wildman–Crippen MR) is 198 cm³/mol. The Hall–Kier alpha value is -3.62. The van der Waals surface area contributed by atoms with Crippen LogP contribution in [0.3, 0.4) is 0 Å². The van der Waals surface area contributed by atoms with E-state index in [-0.39, 0.29) is 45.2 Å². The van der Waals surface area contributed by atoms with Crippen LogP contribution in [0.2, 0.25) is 0 Å². The highest BCUT2D eigenvalue weighted by Gasteiger charge is 2.38. The van der Waals surface area contributed by atoms with E-state index in [9.17, 15) is 19.7 Å². The maximum absolute atomic E-state index is 13.8. The number of rotatable bonds is 19. The number of thioether (sulfide) groups is 2. The molecule has 4 rings (SSSR count). The molecule has 2 aliphatic heterocycles. The van der Waals surface area contributed by atoms with E-state index in [0.717, 1.165) is 42.8 Å². The largest absolute Gasteiger partial charge is 0.493 e. The lowest BCUT2D eigenvalue weighted by atomic mass is 10.1.